The van der Waals surface area contributed by atoms with Gasteiger partial charge >= 0.3 is 0 Å². The number of rotatable bonds is 7. The Morgan fingerprint density at radius 2 is 1.74 bits per heavy atom. The highest BCUT2D eigenvalue weighted by Crippen LogP contribution is 2.36. The number of aromatic nitrogens is 1. The molecule has 1 aromatic heterocycles. The first kappa shape index (κ1) is 22.7. The number of pyridine rings is 1. The molecule has 0 radical (unpaired) electrons. The van der Waals surface area contributed by atoms with E-state index in [0.717, 1.165) is 58.9 Å². The van der Waals surface area contributed by atoms with Crippen molar-refractivity contribution in [2.24, 2.45) is 0 Å². The molecule has 2 heterocycles. The molecule has 0 aliphatic carbocycles. The van der Waals surface area contributed by atoms with Crippen molar-refractivity contribution in [1.29, 1.82) is 0 Å². The lowest BCUT2D eigenvalue weighted by molar-refractivity contribution is 0.0236. The van der Waals surface area contributed by atoms with Gasteiger partial charge in [0.25, 0.3) is 0 Å². The summed E-state index contributed by atoms with van der Waals surface area (Å²) in [5.41, 5.74) is 5.53. The maximum Gasteiger partial charge on any atom is 0.120 e. The van der Waals surface area contributed by atoms with Gasteiger partial charge in [-0.1, -0.05) is 48.0 Å². The number of benzene rings is 3. The molecule has 3 aromatic carbocycles. The molecule has 1 saturated heterocycles. The van der Waals surface area contributed by atoms with Gasteiger partial charge in [0.1, 0.15) is 5.75 Å². The van der Waals surface area contributed by atoms with E-state index >= 15 is 0 Å². The summed E-state index contributed by atoms with van der Waals surface area (Å²) < 4.78 is 12.0. The number of halogens is 1. The molecule has 1 aliphatic rings. The first-order valence-corrected chi connectivity index (χ1v) is 12.3. The molecule has 0 atom stereocenters. The van der Waals surface area contributed by atoms with Crippen molar-refractivity contribution in [2.75, 3.05) is 24.6 Å². The summed E-state index contributed by atoms with van der Waals surface area (Å²) in [6.07, 6.45) is 2.22. The Morgan fingerprint density at radius 1 is 0.941 bits per heavy atom. The maximum absolute atomic E-state index is 6.26. The molecule has 0 saturated carbocycles. The lowest BCUT2D eigenvalue weighted by Gasteiger charge is -2.35. The van der Waals surface area contributed by atoms with Gasteiger partial charge in [0.2, 0.25) is 0 Å². The Kier molecular flexibility index (Phi) is 6.98. The number of fused-ring (bicyclic) bond motifs is 1. The highest BCUT2D eigenvalue weighted by Gasteiger charge is 2.22. The third kappa shape index (κ3) is 5.19. The van der Waals surface area contributed by atoms with Crippen molar-refractivity contribution in [3.05, 3.63) is 89.6 Å². The van der Waals surface area contributed by atoms with E-state index in [9.17, 15) is 0 Å². The second-order valence-corrected chi connectivity index (χ2v) is 9.05. The summed E-state index contributed by atoms with van der Waals surface area (Å²) in [4.78, 5) is 7.19. The van der Waals surface area contributed by atoms with Crippen molar-refractivity contribution in [3.8, 4) is 16.9 Å². The molecule has 174 valence electrons. The number of anilines is 1. The van der Waals surface area contributed by atoms with E-state index in [1.165, 1.54) is 11.3 Å². The van der Waals surface area contributed by atoms with E-state index in [1.807, 2.05) is 37.3 Å². The van der Waals surface area contributed by atoms with Crippen LogP contribution in [0.3, 0.4) is 0 Å². The summed E-state index contributed by atoms with van der Waals surface area (Å²) in [5.74, 6) is 0.886. The number of ether oxygens (including phenoxy) is 2. The third-order valence-electron chi connectivity index (χ3n) is 6.34. The highest BCUT2D eigenvalue weighted by atomic mass is 35.5. The quantitative estimate of drug-likeness (QED) is 0.286. The predicted octanol–water partition coefficient (Wildman–Crippen LogP) is 7.14. The van der Waals surface area contributed by atoms with Crippen LogP contribution in [0.5, 0.6) is 5.75 Å². The van der Waals surface area contributed by atoms with Gasteiger partial charge in [-0.05, 0) is 67.8 Å². The van der Waals surface area contributed by atoms with Crippen LogP contribution in [0, 0.1) is 0 Å². The smallest absolute Gasteiger partial charge is 0.120 e. The minimum atomic E-state index is 0.242. The van der Waals surface area contributed by atoms with Gasteiger partial charge in [-0.15, -0.1) is 0 Å². The van der Waals surface area contributed by atoms with Gasteiger partial charge < -0.3 is 14.4 Å². The molecule has 1 aliphatic heterocycles. The second kappa shape index (κ2) is 10.5. The molecule has 4 nitrogen and oxygen atoms in total. The zero-order chi connectivity index (χ0) is 23.3. The molecule has 0 amide bonds. The zero-order valence-corrected chi connectivity index (χ0v) is 20.2. The lowest BCUT2D eigenvalue weighted by atomic mass is 10.00. The first-order chi connectivity index (χ1) is 16.7. The normalized spacial score (nSPS) is 14.5. The van der Waals surface area contributed by atoms with Gasteiger partial charge in [0, 0.05) is 34.7 Å². The van der Waals surface area contributed by atoms with Crippen LogP contribution in [0.2, 0.25) is 5.02 Å². The largest absolute Gasteiger partial charge is 0.494 e. The monoisotopic (exact) mass is 472 g/mol. The average molecular weight is 473 g/mol. The van der Waals surface area contributed by atoms with Crippen LogP contribution in [0.25, 0.3) is 22.0 Å². The van der Waals surface area contributed by atoms with Crippen LogP contribution in [-0.4, -0.2) is 30.8 Å². The number of hydrogen-bond donors (Lipinski definition) is 0. The van der Waals surface area contributed by atoms with Gasteiger partial charge in [0.05, 0.1) is 30.5 Å². The van der Waals surface area contributed by atoms with Gasteiger partial charge in [0.15, 0.2) is 0 Å². The molecule has 0 N–H and O–H groups in total. The van der Waals surface area contributed by atoms with E-state index < -0.39 is 0 Å². The van der Waals surface area contributed by atoms with Crippen molar-refractivity contribution in [2.45, 2.75) is 32.5 Å². The van der Waals surface area contributed by atoms with Crippen molar-refractivity contribution >= 4 is 28.2 Å². The zero-order valence-electron chi connectivity index (χ0n) is 19.4. The minimum Gasteiger partial charge on any atom is -0.494 e. The van der Waals surface area contributed by atoms with E-state index in [0.29, 0.717) is 13.2 Å². The Balaban J connectivity index is 1.26. The molecule has 34 heavy (non-hydrogen) atoms. The molecule has 1 fully saturated rings. The van der Waals surface area contributed by atoms with Crippen LogP contribution < -0.4 is 9.64 Å². The summed E-state index contributed by atoms with van der Waals surface area (Å²) in [6, 6.07) is 26.8. The van der Waals surface area contributed by atoms with E-state index in [-0.39, 0.29) is 6.10 Å². The summed E-state index contributed by atoms with van der Waals surface area (Å²) >= 11 is 6.13. The number of hydrogen-bond acceptors (Lipinski definition) is 4. The van der Waals surface area contributed by atoms with Crippen molar-refractivity contribution < 1.29 is 9.47 Å². The Hall–Kier alpha value is -3.08. The first-order valence-electron chi connectivity index (χ1n) is 11.9. The number of nitrogens with zero attached hydrogens (tertiary/aromatic N) is 2. The second-order valence-electron chi connectivity index (χ2n) is 8.61. The molecule has 4 aromatic rings. The van der Waals surface area contributed by atoms with Gasteiger partial charge in [-0.2, -0.15) is 0 Å². The van der Waals surface area contributed by atoms with Crippen LogP contribution in [-0.2, 0) is 11.3 Å². The fourth-order valence-corrected chi connectivity index (χ4v) is 4.69. The fraction of sp³-hybridized carbons (Fsp3) is 0.276. The predicted molar refractivity (Wildman–Crippen MR) is 140 cm³/mol. The van der Waals surface area contributed by atoms with Crippen molar-refractivity contribution in [3.63, 3.8) is 0 Å². The SMILES string of the molecule is CCOc1ccc(N2CCC(OCc3ccc4ccccc4n3)CC2)c(-c2ccc(Cl)cc2)c1. The highest BCUT2D eigenvalue weighted by molar-refractivity contribution is 6.30. The summed E-state index contributed by atoms with van der Waals surface area (Å²) in [6.45, 7) is 5.10. The number of piperidine rings is 1. The van der Waals surface area contributed by atoms with Crippen LogP contribution in [0.15, 0.2) is 78.9 Å². The topological polar surface area (TPSA) is 34.6 Å². The Labute approximate surface area is 206 Å². The maximum atomic E-state index is 6.26. The molecule has 0 unspecified atom stereocenters. The Bertz CT molecular complexity index is 1250. The average Bonchev–Trinajstić information content (AvgIpc) is 2.88. The van der Waals surface area contributed by atoms with E-state index in [2.05, 4.69) is 53.4 Å². The lowest BCUT2D eigenvalue weighted by Crippen LogP contribution is -2.37. The van der Waals surface area contributed by atoms with E-state index in [1.54, 1.807) is 0 Å². The Morgan fingerprint density at radius 3 is 2.53 bits per heavy atom. The van der Waals surface area contributed by atoms with Gasteiger partial charge in [-0.25, -0.2) is 0 Å². The minimum absolute atomic E-state index is 0.242. The summed E-state index contributed by atoms with van der Waals surface area (Å²) in [5, 5.41) is 1.90. The number of para-hydroxylation sites is 1. The molecule has 5 heteroatoms. The van der Waals surface area contributed by atoms with Gasteiger partial charge in [-0.3, -0.25) is 4.98 Å². The molecular weight excluding hydrogens is 444 g/mol. The molecular formula is C29H29ClN2O2. The van der Waals surface area contributed by atoms with Crippen LogP contribution in [0.4, 0.5) is 5.69 Å². The van der Waals surface area contributed by atoms with Crippen LogP contribution in [0.1, 0.15) is 25.5 Å². The fourth-order valence-electron chi connectivity index (χ4n) is 4.56. The standard InChI is InChI=1S/C29H29ClN2O2/c1-2-33-26-13-14-29(27(19-26)21-7-10-23(30)11-8-21)32-17-15-25(16-18-32)34-20-24-12-9-22-5-3-4-6-28(22)31-24/h3-14,19,25H,2,15-18,20H2,1H3. The molecule has 0 spiro atoms. The third-order valence-corrected chi connectivity index (χ3v) is 6.59. The summed E-state index contributed by atoms with van der Waals surface area (Å²) in [7, 11) is 0. The van der Waals surface area contributed by atoms with E-state index in [4.69, 9.17) is 26.1 Å². The van der Waals surface area contributed by atoms with Crippen LogP contribution >= 0.6 is 11.6 Å². The molecule has 0 bridgehead atoms. The van der Waals surface area contributed by atoms with Crippen molar-refractivity contribution in [1.82, 2.24) is 4.98 Å². The molecule has 5 rings (SSSR count).